The topological polar surface area (TPSA) is 78.6 Å². The Morgan fingerprint density at radius 3 is 2.64 bits per heavy atom. The van der Waals surface area contributed by atoms with Crippen LogP contribution in [-0.2, 0) is 4.79 Å². The highest BCUT2D eigenvalue weighted by atomic mass is 19.1. The number of nitrogens with zero attached hydrogens (tertiary/aromatic N) is 4. The van der Waals surface area contributed by atoms with Gasteiger partial charge in [0.15, 0.2) is 17.3 Å². The van der Waals surface area contributed by atoms with Gasteiger partial charge in [0, 0.05) is 29.9 Å². The van der Waals surface area contributed by atoms with Gasteiger partial charge in [0.1, 0.15) is 23.7 Å². The van der Waals surface area contributed by atoms with E-state index in [0.29, 0.717) is 52.7 Å². The zero-order valence-electron chi connectivity index (χ0n) is 17.8. The molecule has 164 valence electrons. The van der Waals surface area contributed by atoms with Gasteiger partial charge >= 0.3 is 0 Å². The minimum absolute atomic E-state index is 0.0722. The van der Waals surface area contributed by atoms with Gasteiger partial charge in [-0.25, -0.2) is 18.9 Å². The lowest BCUT2D eigenvalue weighted by atomic mass is 9.78. The zero-order chi connectivity index (χ0) is 22.5. The van der Waals surface area contributed by atoms with Gasteiger partial charge in [-0.05, 0) is 48.4 Å². The summed E-state index contributed by atoms with van der Waals surface area (Å²) in [6.45, 7) is 0. The van der Waals surface area contributed by atoms with Crippen molar-refractivity contribution < 1.29 is 18.7 Å². The van der Waals surface area contributed by atoms with E-state index < -0.39 is 0 Å². The number of methoxy groups -OCH3 is 1. The van der Waals surface area contributed by atoms with E-state index in [2.05, 4.69) is 10.1 Å². The second kappa shape index (κ2) is 7.51. The van der Waals surface area contributed by atoms with Crippen LogP contribution in [0.3, 0.4) is 0 Å². The van der Waals surface area contributed by atoms with E-state index in [4.69, 9.17) is 14.5 Å². The summed E-state index contributed by atoms with van der Waals surface area (Å²) < 4.78 is 26.4. The molecule has 0 spiro atoms. The molecule has 1 unspecified atom stereocenters. The largest absolute Gasteiger partial charge is 0.497 e. The number of allylic oxidation sites excluding steroid dienone is 2. The van der Waals surface area contributed by atoms with Crippen LogP contribution in [0, 0.1) is 5.82 Å². The molecule has 2 aromatic carbocycles. The van der Waals surface area contributed by atoms with E-state index in [-0.39, 0.29) is 17.5 Å². The van der Waals surface area contributed by atoms with Gasteiger partial charge in [0.05, 0.1) is 12.7 Å². The number of carbonyl (C=O) groups excluding carboxylic acids is 1. The lowest BCUT2D eigenvalue weighted by Gasteiger charge is -2.32. The number of aromatic nitrogens is 4. The molecule has 1 aliphatic carbocycles. The van der Waals surface area contributed by atoms with Crippen molar-refractivity contribution in [2.24, 2.45) is 0 Å². The molecule has 0 bridgehead atoms. The minimum Gasteiger partial charge on any atom is -0.497 e. The standard InChI is InChI=1S/C25H19FN4O3/c1-32-17-11-7-14(8-12-17)20-21-18(31)3-2-4-19(21)33-25-22(20)24-28-23(29-30(24)13-27-25)15-5-9-16(26)10-6-15/h5-13,20H,2-4H2,1H3. The highest BCUT2D eigenvalue weighted by Gasteiger charge is 2.39. The first-order valence-corrected chi connectivity index (χ1v) is 10.7. The molecule has 0 radical (unpaired) electrons. The summed E-state index contributed by atoms with van der Waals surface area (Å²) in [6.07, 6.45) is 3.47. The molecule has 33 heavy (non-hydrogen) atoms. The van der Waals surface area contributed by atoms with Crippen LogP contribution in [-0.4, -0.2) is 32.5 Å². The van der Waals surface area contributed by atoms with Crippen molar-refractivity contribution in [2.75, 3.05) is 7.11 Å². The molecule has 2 aliphatic rings. The average Bonchev–Trinajstić information content (AvgIpc) is 3.28. The molecule has 0 saturated carbocycles. The normalized spacial score (nSPS) is 17.5. The zero-order valence-corrected chi connectivity index (χ0v) is 17.8. The lowest BCUT2D eigenvalue weighted by Crippen LogP contribution is -2.26. The van der Waals surface area contributed by atoms with Crippen molar-refractivity contribution in [3.05, 3.63) is 83.1 Å². The molecule has 0 N–H and O–H groups in total. The monoisotopic (exact) mass is 442 g/mol. The van der Waals surface area contributed by atoms with Crippen LogP contribution in [0.25, 0.3) is 17.0 Å². The van der Waals surface area contributed by atoms with E-state index in [1.807, 2.05) is 24.3 Å². The Bertz CT molecular complexity index is 1420. The van der Waals surface area contributed by atoms with E-state index in [1.54, 1.807) is 30.1 Å². The molecule has 3 heterocycles. The maximum atomic E-state index is 13.4. The van der Waals surface area contributed by atoms with Crippen LogP contribution in [0.2, 0.25) is 0 Å². The van der Waals surface area contributed by atoms with Crippen molar-refractivity contribution in [3.63, 3.8) is 0 Å². The molecule has 1 atom stereocenters. The third kappa shape index (κ3) is 3.17. The molecular formula is C25H19FN4O3. The van der Waals surface area contributed by atoms with Crippen molar-refractivity contribution in [3.8, 4) is 23.0 Å². The predicted octanol–water partition coefficient (Wildman–Crippen LogP) is 4.47. The second-order valence-corrected chi connectivity index (χ2v) is 8.10. The number of carbonyl (C=O) groups is 1. The summed E-state index contributed by atoms with van der Waals surface area (Å²) in [5.41, 5.74) is 3.49. The fourth-order valence-electron chi connectivity index (χ4n) is 4.57. The van der Waals surface area contributed by atoms with Gasteiger partial charge < -0.3 is 9.47 Å². The molecule has 4 aromatic rings. The SMILES string of the molecule is COc1ccc(C2C3=C(CCCC3=O)Oc3ncn4nc(-c5ccc(F)cc5)nc4c32)cc1. The van der Waals surface area contributed by atoms with Crippen LogP contribution >= 0.6 is 0 Å². The van der Waals surface area contributed by atoms with Crippen LogP contribution < -0.4 is 9.47 Å². The third-order valence-electron chi connectivity index (χ3n) is 6.14. The minimum atomic E-state index is -0.385. The summed E-state index contributed by atoms with van der Waals surface area (Å²) in [6, 6.07) is 13.7. The Morgan fingerprint density at radius 1 is 1.09 bits per heavy atom. The fourth-order valence-corrected chi connectivity index (χ4v) is 4.57. The highest BCUT2D eigenvalue weighted by Crippen LogP contribution is 2.47. The van der Waals surface area contributed by atoms with E-state index in [0.717, 1.165) is 17.7 Å². The number of hydrogen-bond acceptors (Lipinski definition) is 6. The number of Topliss-reactive ketones (excluding diaryl/α,β-unsaturated/α-hetero) is 1. The fraction of sp³-hybridized carbons (Fsp3) is 0.200. The maximum Gasteiger partial charge on any atom is 0.228 e. The molecule has 0 fully saturated rings. The average molecular weight is 442 g/mol. The van der Waals surface area contributed by atoms with Crippen LogP contribution in [0.1, 0.15) is 36.3 Å². The Kier molecular flexibility index (Phi) is 4.46. The maximum absolute atomic E-state index is 13.4. The summed E-state index contributed by atoms with van der Waals surface area (Å²) in [5, 5.41) is 4.54. The van der Waals surface area contributed by atoms with Gasteiger partial charge in [0.25, 0.3) is 0 Å². The Labute approximate surface area is 188 Å². The van der Waals surface area contributed by atoms with E-state index in [9.17, 15) is 9.18 Å². The molecule has 0 amide bonds. The van der Waals surface area contributed by atoms with Crippen LogP contribution in [0.4, 0.5) is 4.39 Å². The van der Waals surface area contributed by atoms with Gasteiger partial charge in [-0.15, -0.1) is 5.10 Å². The van der Waals surface area contributed by atoms with Crippen LogP contribution in [0.15, 0.2) is 66.2 Å². The smallest absolute Gasteiger partial charge is 0.228 e. The van der Waals surface area contributed by atoms with Gasteiger partial charge in [-0.2, -0.15) is 0 Å². The van der Waals surface area contributed by atoms with Gasteiger partial charge in [0.2, 0.25) is 5.88 Å². The predicted molar refractivity (Wildman–Crippen MR) is 118 cm³/mol. The molecule has 0 saturated heterocycles. The molecule has 7 nitrogen and oxygen atoms in total. The van der Waals surface area contributed by atoms with E-state index in [1.165, 1.54) is 12.1 Å². The Balaban J connectivity index is 1.58. The quantitative estimate of drug-likeness (QED) is 0.466. The second-order valence-electron chi connectivity index (χ2n) is 8.10. The van der Waals surface area contributed by atoms with Gasteiger partial charge in [-0.3, -0.25) is 4.79 Å². The number of halogens is 1. The summed E-state index contributed by atoms with van der Waals surface area (Å²) in [7, 11) is 1.62. The van der Waals surface area contributed by atoms with Crippen LogP contribution in [0.5, 0.6) is 11.6 Å². The summed E-state index contributed by atoms with van der Waals surface area (Å²) in [5.74, 6) is 1.63. The van der Waals surface area contributed by atoms with Crippen molar-refractivity contribution >= 4 is 11.4 Å². The molecule has 6 rings (SSSR count). The first-order chi connectivity index (χ1) is 16.1. The number of ketones is 1. The highest BCUT2D eigenvalue weighted by molar-refractivity contribution is 6.00. The number of fused-ring (bicyclic) bond motifs is 3. The van der Waals surface area contributed by atoms with Gasteiger partial charge in [-0.1, -0.05) is 12.1 Å². The van der Waals surface area contributed by atoms with Crippen molar-refractivity contribution in [2.45, 2.75) is 25.2 Å². The summed E-state index contributed by atoms with van der Waals surface area (Å²) in [4.78, 5) is 22.3. The molecular weight excluding hydrogens is 423 g/mol. The Hall–Kier alpha value is -4.07. The third-order valence-corrected chi connectivity index (χ3v) is 6.14. The molecule has 2 aromatic heterocycles. The van der Waals surface area contributed by atoms with E-state index >= 15 is 0 Å². The van der Waals surface area contributed by atoms with Crippen molar-refractivity contribution in [1.29, 1.82) is 0 Å². The first-order valence-electron chi connectivity index (χ1n) is 10.7. The lowest BCUT2D eigenvalue weighted by molar-refractivity contribution is -0.116. The summed E-state index contributed by atoms with van der Waals surface area (Å²) >= 11 is 0. The number of rotatable bonds is 3. The molecule has 1 aliphatic heterocycles. The van der Waals surface area contributed by atoms with Crippen molar-refractivity contribution in [1.82, 2.24) is 19.6 Å². The number of hydrogen-bond donors (Lipinski definition) is 0. The number of ether oxygens (including phenoxy) is 2. The number of benzene rings is 2. The Morgan fingerprint density at radius 2 is 1.88 bits per heavy atom. The molecule has 8 heteroatoms. The first kappa shape index (κ1) is 19.6.